The number of benzene rings is 3. The predicted molar refractivity (Wildman–Crippen MR) is 107 cm³/mol. The summed E-state index contributed by atoms with van der Waals surface area (Å²) in [6.45, 7) is 0. The van der Waals surface area contributed by atoms with Gasteiger partial charge in [-0.1, -0.05) is 36.4 Å². The lowest BCUT2D eigenvalue weighted by Crippen LogP contribution is -2.29. The van der Waals surface area contributed by atoms with Crippen LogP contribution in [0.2, 0.25) is 0 Å². The molecule has 3 aromatic carbocycles. The number of hydrogen-bond donors (Lipinski definition) is 0. The number of nitrogens with zero attached hydrogens (tertiary/aromatic N) is 1. The lowest BCUT2D eigenvalue weighted by molar-refractivity contribution is -0.138. The van der Waals surface area contributed by atoms with Gasteiger partial charge in [0.15, 0.2) is 0 Å². The van der Waals surface area contributed by atoms with Crippen LogP contribution in [0.25, 0.3) is 0 Å². The number of amides is 1. The van der Waals surface area contributed by atoms with Crippen molar-refractivity contribution in [2.24, 2.45) is 0 Å². The molecule has 3 aromatic rings. The third-order valence-corrected chi connectivity index (χ3v) is 5.69. The normalized spacial score (nSPS) is 16.9. The Balaban J connectivity index is 1.63. The number of para-hydroxylation sites is 1. The molecule has 0 radical (unpaired) electrons. The van der Waals surface area contributed by atoms with Gasteiger partial charge in [-0.2, -0.15) is 13.2 Å². The van der Waals surface area contributed by atoms with Crippen LogP contribution >= 0.6 is 11.8 Å². The second-order valence-electron chi connectivity index (χ2n) is 6.42. The van der Waals surface area contributed by atoms with E-state index < -0.39 is 17.1 Å². The van der Waals surface area contributed by atoms with E-state index in [1.807, 2.05) is 30.3 Å². The van der Waals surface area contributed by atoms with Crippen molar-refractivity contribution >= 4 is 23.4 Å². The molecule has 0 bridgehead atoms. The Morgan fingerprint density at radius 2 is 1.48 bits per heavy atom. The molecular weight excluding hydrogens is 399 g/mol. The molecular formula is C22H16F3NO2S. The number of rotatable bonds is 4. The maximum Gasteiger partial charge on any atom is 0.416 e. The lowest BCUT2D eigenvalue weighted by Gasteiger charge is -2.26. The number of carbonyl (C=O) groups is 1. The SMILES string of the molecule is O=C1CS[C@H](c2ccccc2C(F)(F)F)N1c1ccc(Oc2ccccc2)cc1. The average molecular weight is 415 g/mol. The van der Waals surface area contributed by atoms with Crippen molar-refractivity contribution in [3.63, 3.8) is 0 Å². The molecule has 1 fully saturated rings. The van der Waals surface area contributed by atoms with Crippen LogP contribution < -0.4 is 9.64 Å². The zero-order chi connectivity index (χ0) is 20.4. The minimum absolute atomic E-state index is 0.0838. The Morgan fingerprint density at radius 3 is 2.17 bits per heavy atom. The Morgan fingerprint density at radius 1 is 0.862 bits per heavy atom. The van der Waals surface area contributed by atoms with Gasteiger partial charge in [0.2, 0.25) is 5.91 Å². The highest BCUT2D eigenvalue weighted by Gasteiger charge is 2.40. The quantitative estimate of drug-likeness (QED) is 0.503. The van der Waals surface area contributed by atoms with Crippen molar-refractivity contribution in [3.05, 3.63) is 90.0 Å². The molecule has 3 nitrogen and oxygen atoms in total. The average Bonchev–Trinajstić information content (AvgIpc) is 3.10. The van der Waals surface area contributed by atoms with Gasteiger partial charge in [-0.25, -0.2) is 0 Å². The van der Waals surface area contributed by atoms with Crippen LogP contribution in [0.1, 0.15) is 16.5 Å². The molecule has 1 heterocycles. The summed E-state index contributed by atoms with van der Waals surface area (Å²) in [7, 11) is 0. The van der Waals surface area contributed by atoms with Gasteiger partial charge in [-0.15, -0.1) is 11.8 Å². The van der Waals surface area contributed by atoms with E-state index in [0.717, 1.165) is 6.07 Å². The molecule has 148 valence electrons. The van der Waals surface area contributed by atoms with E-state index in [2.05, 4.69) is 0 Å². The fourth-order valence-corrected chi connectivity index (χ4v) is 4.42. The second-order valence-corrected chi connectivity index (χ2v) is 7.49. The van der Waals surface area contributed by atoms with Crippen molar-refractivity contribution in [1.29, 1.82) is 0 Å². The Labute approximate surface area is 170 Å². The summed E-state index contributed by atoms with van der Waals surface area (Å²) in [4.78, 5) is 13.9. The zero-order valence-electron chi connectivity index (χ0n) is 15.1. The summed E-state index contributed by atoms with van der Waals surface area (Å²) in [5, 5.41) is -0.735. The van der Waals surface area contributed by atoms with Gasteiger partial charge in [0.25, 0.3) is 0 Å². The molecule has 0 unspecified atom stereocenters. The first-order chi connectivity index (χ1) is 13.9. The fourth-order valence-electron chi connectivity index (χ4n) is 3.20. The first-order valence-electron chi connectivity index (χ1n) is 8.86. The van der Waals surface area contributed by atoms with Gasteiger partial charge in [0.1, 0.15) is 16.9 Å². The predicted octanol–water partition coefficient (Wildman–Crippen LogP) is 6.28. The summed E-state index contributed by atoms with van der Waals surface area (Å²) in [6.07, 6.45) is -4.48. The molecule has 0 aliphatic carbocycles. The van der Waals surface area contributed by atoms with Gasteiger partial charge < -0.3 is 4.74 Å². The molecule has 29 heavy (non-hydrogen) atoms. The molecule has 1 aliphatic heterocycles. The van der Waals surface area contributed by atoms with E-state index in [9.17, 15) is 18.0 Å². The number of halogens is 3. The molecule has 1 aliphatic rings. The first kappa shape index (κ1) is 19.4. The Kier molecular flexibility index (Phi) is 5.24. The van der Waals surface area contributed by atoms with Crippen LogP contribution in [0.5, 0.6) is 11.5 Å². The van der Waals surface area contributed by atoms with Crippen molar-refractivity contribution < 1.29 is 22.7 Å². The van der Waals surface area contributed by atoms with E-state index in [-0.39, 0.29) is 17.2 Å². The van der Waals surface area contributed by atoms with E-state index in [1.54, 1.807) is 30.3 Å². The van der Waals surface area contributed by atoms with Gasteiger partial charge in [0.05, 0.1) is 11.3 Å². The van der Waals surface area contributed by atoms with Gasteiger partial charge in [0, 0.05) is 5.69 Å². The smallest absolute Gasteiger partial charge is 0.416 e. The van der Waals surface area contributed by atoms with Crippen LogP contribution in [0.4, 0.5) is 18.9 Å². The molecule has 1 amide bonds. The third-order valence-electron chi connectivity index (χ3n) is 4.49. The molecule has 0 N–H and O–H groups in total. The van der Waals surface area contributed by atoms with Crippen molar-refractivity contribution in [2.45, 2.75) is 11.6 Å². The van der Waals surface area contributed by atoms with Crippen LogP contribution in [0.3, 0.4) is 0 Å². The lowest BCUT2D eigenvalue weighted by atomic mass is 10.1. The Bertz CT molecular complexity index is 1010. The molecule has 0 saturated carbocycles. The summed E-state index contributed by atoms with van der Waals surface area (Å²) in [5.74, 6) is 1.14. The van der Waals surface area contributed by atoms with Crippen molar-refractivity contribution in [2.75, 3.05) is 10.7 Å². The number of carbonyl (C=O) groups excluding carboxylic acids is 1. The van der Waals surface area contributed by atoms with Gasteiger partial charge in [-0.3, -0.25) is 9.69 Å². The Hall–Kier alpha value is -2.93. The zero-order valence-corrected chi connectivity index (χ0v) is 15.9. The minimum Gasteiger partial charge on any atom is -0.457 e. The molecule has 0 spiro atoms. The van der Waals surface area contributed by atoms with Crippen LogP contribution in [-0.4, -0.2) is 11.7 Å². The van der Waals surface area contributed by atoms with Crippen molar-refractivity contribution in [1.82, 2.24) is 0 Å². The van der Waals surface area contributed by atoms with E-state index in [0.29, 0.717) is 17.2 Å². The fraction of sp³-hybridized carbons (Fsp3) is 0.136. The van der Waals surface area contributed by atoms with Crippen LogP contribution in [0.15, 0.2) is 78.9 Å². The standard InChI is InChI=1S/C22H16F3NO2S/c23-22(24,25)19-9-5-4-8-18(19)21-26(20(27)14-29-21)15-10-12-17(13-11-15)28-16-6-2-1-3-7-16/h1-13,21H,14H2/t21-/m1/s1. The second kappa shape index (κ2) is 7.83. The highest BCUT2D eigenvalue weighted by Crippen LogP contribution is 2.46. The van der Waals surface area contributed by atoms with Gasteiger partial charge in [-0.05, 0) is 48.0 Å². The van der Waals surface area contributed by atoms with Crippen LogP contribution in [-0.2, 0) is 11.0 Å². The molecule has 7 heteroatoms. The number of ether oxygens (including phenoxy) is 1. The largest absolute Gasteiger partial charge is 0.457 e. The molecule has 0 aromatic heterocycles. The highest BCUT2D eigenvalue weighted by atomic mass is 32.2. The highest BCUT2D eigenvalue weighted by molar-refractivity contribution is 8.00. The summed E-state index contributed by atoms with van der Waals surface area (Å²) < 4.78 is 46.1. The van der Waals surface area contributed by atoms with E-state index in [4.69, 9.17) is 4.74 Å². The number of alkyl halides is 3. The summed E-state index contributed by atoms with van der Waals surface area (Å²) >= 11 is 1.19. The number of thioether (sulfide) groups is 1. The maximum absolute atomic E-state index is 13.5. The number of hydrogen-bond acceptors (Lipinski definition) is 3. The molecule has 4 rings (SSSR count). The monoisotopic (exact) mass is 415 g/mol. The van der Waals surface area contributed by atoms with E-state index >= 15 is 0 Å². The van der Waals surface area contributed by atoms with E-state index in [1.165, 1.54) is 28.8 Å². The maximum atomic E-state index is 13.5. The van der Waals surface area contributed by atoms with Gasteiger partial charge >= 0.3 is 6.18 Å². The minimum atomic E-state index is -4.48. The first-order valence-corrected chi connectivity index (χ1v) is 9.91. The summed E-state index contributed by atoms with van der Waals surface area (Å²) in [6, 6.07) is 21.4. The van der Waals surface area contributed by atoms with Crippen molar-refractivity contribution in [3.8, 4) is 11.5 Å². The summed E-state index contributed by atoms with van der Waals surface area (Å²) in [5.41, 5.74) is -0.107. The molecule has 1 atom stereocenters. The van der Waals surface area contributed by atoms with Crippen LogP contribution in [0, 0.1) is 0 Å². The number of anilines is 1. The molecule has 1 saturated heterocycles. The third kappa shape index (κ3) is 4.10. The topological polar surface area (TPSA) is 29.5 Å².